The number of benzene rings is 1. The second kappa shape index (κ2) is 7.75. The molecule has 0 fully saturated rings. The lowest BCUT2D eigenvalue weighted by Crippen LogP contribution is -1.77. The first-order valence-electron chi connectivity index (χ1n) is 5.08. The van der Waals surface area contributed by atoms with E-state index in [4.69, 9.17) is 5.53 Å². The van der Waals surface area contributed by atoms with Crippen LogP contribution in [0.4, 0.5) is 0 Å². The van der Waals surface area contributed by atoms with Crippen LogP contribution in [0.5, 0.6) is 0 Å². The van der Waals surface area contributed by atoms with Gasteiger partial charge in [-0.3, -0.25) is 4.79 Å². The molecule has 1 rings (SSSR count). The van der Waals surface area contributed by atoms with E-state index in [1.54, 1.807) is 6.08 Å². The summed E-state index contributed by atoms with van der Waals surface area (Å²) in [5.41, 5.74) is 9.92. The highest BCUT2D eigenvalue weighted by Gasteiger charge is 1.87. The maximum absolute atomic E-state index is 10.1. The third-order valence-electron chi connectivity index (χ3n) is 1.91. The molecule has 4 nitrogen and oxygen atoms in total. The van der Waals surface area contributed by atoms with E-state index in [1.807, 2.05) is 24.3 Å². The van der Waals surface area contributed by atoms with Crippen LogP contribution in [0.1, 0.15) is 17.5 Å². The monoisotopic (exact) mass is 225 g/mol. The summed E-state index contributed by atoms with van der Waals surface area (Å²) in [6.45, 7) is 0.393. The Morgan fingerprint density at radius 3 is 2.76 bits per heavy atom. The maximum Gasteiger partial charge on any atom is 0.142 e. The average molecular weight is 225 g/mol. The Morgan fingerprint density at radius 2 is 2.12 bits per heavy atom. The van der Waals surface area contributed by atoms with Crippen LogP contribution in [0.25, 0.3) is 16.5 Å². The van der Waals surface area contributed by atoms with Gasteiger partial charge in [-0.15, -0.1) is 0 Å². The third kappa shape index (κ3) is 5.22. The van der Waals surface area contributed by atoms with Crippen LogP contribution in [0, 0.1) is 11.8 Å². The van der Waals surface area contributed by atoms with Crippen molar-refractivity contribution < 1.29 is 4.79 Å². The molecule has 0 aliphatic rings. The fourth-order valence-electron chi connectivity index (χ4n) is 1.14. The fraction of sp³-hybridized carbons (Fsp3) is 0.154. The molecule has 0 unspecified atom stereocenters. The van der Waals surface area contributed by atoms with Crippen molar-refractivity contribution >= 4 is 12.4 Å². The second-order valence-corrected chi connectivity index (χ2v) is 3.12. The lowest BCUT2D eigenvalue weighted by Gasteiger charge is -1.92. The van der Waals surface area contributed by atoms with Crippen molar-refractivity contribution in [3.8, 4) is 11.8 Å². The summed E-state index contributed by atoms with van der Waals surface area (Å²) in [5, 5.41) is 3.39. The zero-order chi connectivity index (χ0) is 12.3. The van der Waals surface area contributed by atoms with Crippen LogP contribution in [0.3, 0.4) is 0 Å². The smallest absolute Gasteiger partial charge is 0.142 e. The lowest BCUT2D eigenvalue weighted by atomic mass is 10.1. The molecule has 1 aromatic rings. The number of carbonyl (C=O) groups is 1. The zero-order valence-corrected chi connectivity index (χ0v) is 9.21. The van der Waals surface area contributed by atoms with E-state index in [-0.39, 0.29) is 0 Å². The Morgan fingerprint density at radius 1 is 1.35 bits per heavy atom. The van der Waals surface area contributed by atoms with Gasteiger partial charge in [-0.2, -0.15) is 0 Å². The number of carbonyl (C=O) groups excluding carboxylic acids is 1. The molecule has 0 heterocycles. The first-order chi connectivity index (χ1) is 8.36. The molecule has 0 aromatic heterocycles. The van der Waals surface area contributed by atoms with Gasteiger partial charge in [0.2, 0.25) is 0 Å². The van der Waals surface area contributed by atoms with Crippen molar-refractivity contribution in [1.82, 2.24) is 0 Å². The maximum atomic E-state index is 10.1. The van der Waals surface area contributed by atoms with Crippen molar-refractivity contribution in [2.75, 3.05) is 6.54 Å². The van der Waals surface area contributed by atoms with Crippen molar-refractivity contribution in [2.45, 2.75) is 6.42 Å². The van der Waals surface area contributed by atoms with Crippen molar-refractivity contribution in [1.29, 1.82) is 0 Å². The third-order valence-corrected chi connectivity index (χ3v) is 1.91. The number of allylic oxidation sites excluding steroid dienone is 1. The summed E-state index contributed by atoms with van der Waals surface area (Å²) in [5.74, 6) is 5.87. The summed E-state index contributed by atoms with van der Waals surface area (Å²) < 4.78 is 0. The van der Waals surface area contributed by atoms with Crippen LogP contribution in [-0.2, 0) is 4.79 Å². The van der Waals surface area contributed by atoms with E-state index in [0.717, 1.165) is 17.4 Å². The molecular formula is C13H11N3O. The molecule has 0 N–H and O–H groups in total. The van der Waals surface area contributed by atoms with E-state index < -0.39 is 0 Å². The fourth-order valence-corrected chi connectivity index (χ4v) is 1.14. The van der Waals surface area contributed by atoms with E-state index >= 15 is 0 Å². The second-order valence-electron chi connectivity index (χ2n) is 3.12. The van der Waals surface area contributed by atoms with Crippen LogP contribution in [0.15, 0.2) is 35.5 Å². The minimum atomic E-state index is 0.393. The summed E-state index contributed by atoms with van der Waals surface area (Å²) in [6.07, 6.45) is 4.46. The zero-order valence-electron chi connectivity index (χ0n) is 9.21. The van der Waals surface area contributed by atoms with E-state index in [1.165, 1.54) is 6.08 Å². The number of hydrogen-bond donors (Lipinski definition) is 0. The number of hydrogen-bond acceptors (Lipinski definition) is 2. The van der Waals surface area contributed by atoms with Gasteiger partial charge in [0, 0.05) is 23.4 Å². The topological polar surface area (TPSA) is 65.8 Å². The van der Waals surface area contributed by atoms with Gasteiger partial charge in [-0.1, -0.05) is 35.2 Å². The Kier molecular flexibility index (Phi) is 5.73. The molecule has 0 aliphatic heterocycles. The van der Waals surface area contributed by atoms with E-state index in [9.17, 15) is 4.79 Å². The number of azide groups is 1. The van der Waals surface area contributed by atoms with Crippen LogP contribution >= 0.6 is 0 Å². The molecule has 4 heteroatoms. The van der Waals surface area contributed by atoms with Crippen molar-refractivity contribution in [3.63, 3.8) is 0 Å². The van der Waals surface area contributed by atoms with Gasteiger partial charge < -0.3 is 0 Å². The predicted molar refractivity (Wildman–Crippen MR) is 67.0 cm³/mol. The summed E-state index contributed by atoms with van der Waals surface area (Å²) in [6, 6.07) is 7.53. The quantitative estimate of drug-likeness (QED) is 0.148. The number of rotatable bonds is 4. The molecule has 17 heavy (non-hydrogen) atoms. The molecule has 0 saturated heterocycles. The molecule has 0 atom stereocenters. The van der Waals surface area contributed by atoms with Gasteiger partial charge in [0.15, 0.2) is 0 Å². The van der Waals surface area contributed by atoms with Crippen LogP contribution in [0.2, 0.25) is 0 Å². The van der Waals surface area contributed by atoms with Gasteiger partial charge in [0.1, 0.15) is 6.29 Å². The molecule has 0 saturated carbocycles. The Hall–Kier alpha value is -2.50. The number of aldehydes is 1. The standard InChI is InChI=1S/C13H11N3O/c14-16-15-10-2-1-4-12-6-8-13(9-7-12)5-3-11-17/h3,5-9,11H,2,10H2/b5-3+. The van der Waals surface area contributed by atoms with Gasteiger partial charge >= 0.3 is 0 Å². The van der Waals surface area contributed by atoms with Crippen molar-refractivity contribution in [2.24, 2.45) is 5.11 Å². The normalized spacial score (nSPS) is 9.18. The molecule has 0 aliphatic carbocycles. The predicted octanol–water partition coefficient (Wildman–Crippen LogP) is 2.95. The highest BCUT2D eigenvalue weighted by Crippen LogP contribution is 2.04. The first kappa shape index (κ1) is 12.6. The minimum Gasteiger partial charge on any atom is -0.299 e. The summed E-state index contributed by atoms with van der Waals surface area (Å²) in [4.78, 5) is 12.8. The van der Waals surface area contributed by atoms with Crippen LogP contribution < -0.4 is 0 Å². The van der Waals surface area contributed by atoms with Gasteiger partial charge in [-0.25, -0.2) is 0 Å². The Labute approximate surface area is 99.6 Å². The Balaban J connectivity index is 2.58. The largest absolute Gasteiger partial charge is 0.299 e. The van der Waals surface area contributed by atoms with Gasteiger partial charge in [0.05, 0.1) is 0 Å². The van der Waals surface area contributed by atoms with E-state index in [0.29, 0.717) is 13.0 Å². The molecule has 0 bridgehead atoms. The SMILES string of the molecule is [N-]=[N+]=NCCC#Cc1ccc(/C=C/C=O)cc1. The summed E-state index contributed by atoms with van der Waals surface area (Å²) in [7, 11) is 0. The summed E-state index contributed by atoms with van der Waals surface area (Å²) >= 11 is 0. The number of nitrogens with zero attached hydrogens (tertiary/aromatic N) is 3. The lowest BCUT2D eigenvalue weighted by molar-refractivity contribution is -0.104. The molecule has 0 spiro atoms. The average Bonchev–Trinajstić information content (AvgIpc) is 2.37. The van der Waals surface area contributed by atoms with Gasteiger partial charge in [0.25, 0.3) is 0 Å². The van der Waals surface area contributed by atoms with E-state index in [2.05, 4.69) is 21.9 Å². The molecule has 84 valence electrons. The highest BCUT2D eigenvalue weighted by atomic mass is 16.1. The molecule has 0 radical (unpaired) electrons. The first-order valence-corrected chi connectivity index (χ1v) is 5.08. The van der Waals surface area contributed by atoms with Crippen LogP contribution in [-0.4, -0.2) is 12.8 Å². The highest BCUT2D eigenvalue weighted by molar-refractivity contribution is 5.73. The molecule has 1 aromatic carbocycles. The van der Waals surface area contributed by atoms with Gasteiger partial charge in [-0.05, 0) is 29.3 Å². The Bertz CT molecular complexity index is 500. The molecular weight excluding hydrogens is 214 g/mol. The van der Waals surface area contributed by atoms with Crippen molar-refractivity contribution in [3.05, 3.63) is 51.9 Å². The molecule has 0 amide bonds. The minimum absolute atomic E-state index is 0.393.